The van der Waals surface area contributed by atoms with Crippen molar-refractivity contribution in [2.45, 2.75) is 69.1 Å². The minimum absolute atomic E-state index is 0.641. The second-order valence-corrected chi connectivity index (χ2v) is 6.79. The van der Waals surface area contributed by atoms with Crippen molar-refractivity contribution in [3.05, 3.63) is 11.6 Å². The van der Waals surface area contributed by atoms with Crippen LogP contribution in [0.3, 0.4) is 0 Å². The molecule has 2 aliphatic carbocycles. The van der Waals surface area contributed by atoms with Crippen LogP contribution >= 0.6 is 11.8 Å². The summed E-state index contributed by atoms with van der Waals surface area (Å²) in [4.78, 5) is 0. The third-order valence-corrected chi connectivity index (χ3v) is 5.64. The Morgan fingerprint density at radius 1 is 1.24 bits per heavy atom. The minimum atomic E-state index is 0.641. The number of allylic oxidation sites excluding steroid dienone is 1. The van der Waals surface area contributed by atoms with Crippen molar-refractivity contribution < 1.29 is 0 Å². The minimum Gasteiger partial charge on any atom is -0.313 e. The molecule has 2 rings (SSSR count). The summed E-state index contributed by atoms with van der Waals surface area (Å²) in [6.07, 6.45) is 15.2. The van der Waals surface area contributed by atoms with Gasteiger partial charge in [-0.3, -0.25) is 0 Å². The molecule has 1 nitrogen and oxygen atoms in total. The van der Waals surface area contributed by atoms with E-state index in [4.69, 9.17) is 0 Å². The summed E-state index contributed by atoms with van der Waals surface area (Å²) in [5.41, 5.74) is 1.68. The Hall–Kier alpha value is 0.0500. The molecule has 2 aliphatic rings. The highest BCUT2D eigenvalue weighted by Crippen LogP contribution is 2.30. The van der Waals surface area contributed by atoms with Crippen LogP contribution in [0.4, 0.5) is 0 Å². The Morgan fingerprint density at radius 2 is 2.06 bits per heavy atom. The monoisotopic (exact) mass is 253 g/mol. The smallest absolute Gasteiger partial charge is 0.0368 e. The Bertz CT molecular complexity index is 243. The van der Waals surface area contributed by atoms with E-state index in [1.807, 2.05) is 0 Å². The molecule has 0 aromatic heterocycles. The summed E-state index contributed by atoms with van der Waals surface area (Å²) >= 11 is 2.22. The van der Waals surface area contributed by atoms with E-state index in [2.05, 4.69) is 30.2 Å². The van der Waals surface area contributed by atoms with Crippen molar-refractivity contribution in [3.8, 4) is 0 Å². The molecule has 0 saturated heterocycles. The molecule has 0 spiro atoms. The van der Waals surface area contributed by atoms with E-state index in [0.29, 0.717) is 6.04 Å². The van der Waals surface area contributed by atoms with Crippen LogP contribution in [0.1, 0.15) is 57.8 Å². The van der Waals surface area contributed by atoms with Crippen LogP contribution < -0.4 is 5.32 Å². The molecule has 1 saturated carbocycles. The highest BCUT2D eigenvalue weighted by Gasteiger charge is 2.18. The van der Waals surface area contributed by atoms with E-state index in [9.17, 15) is 0 Å². The van der Waals surface area contributed by atoms with Crippen molar-refractivity contribution in [1.29, 1.82) is 0 Å². The maximum absolute atomic E-state index is 3.52. The van der Waals surface area contributed by atoms with Gasteiger partial charge in [0.2, 0.25) is 0 Å². The summed E-state index contributed by atoms with van der Waals surface area (Å²) in [7, 11) is 2.13. The van der Waals surface area contributed by atoms with Gasteiger partial charge < -0.3 is 5.32 Å². The third-order valence-electron chi connectivity index (χ3n) is 4.17. The average Bonchev–Trinajstić information content (AvgIpc) is 2.42. The molecule has 0 aliphatic heterocycles. The fraction of sp³-hybridized carbons (Fsp3) is 0.867. The molecular formula is C15H27NS. The first-order valence-corrected chi connectivity index (χ1v) is 8.43. The van der Waals surface area contributed by atoms with Crippen molar-refractivity contribution in [3.63, 3.8) is 0 Å². The summed E-state index contributed by atoms with van der Waals surface area (Å²) in [6.45, 7) is 0. The first-order chi connectivity index (χ1) is 8.40. The lowest BCUT2D eigenvalue weighted by molar-refractivity contribution is 0.514. The lowest BCUT2D eigenvalue weighted by Crippen LogP contribution is -2.31. The highest BCUT2D eigenvalue weighted by atomic mass is 32.2. The molecule has 0 aromatic rings. The zero-order chi connectivity index (χ0) is 11.9. The van der Waals surface area contributed by atoms with Crippen LogP contribution in [-0.4, -0.2) is 24.1 Å². The van der Waals surface area contributed by atoms with E-state index in [1.54, 1.807) is 5.57 Å². The zero-order valence-corrected chi connectivity index (χ0v) is 12.0. The fourth-order valence-electron chi connectivity index (χ4n) is 3.02. The quantitative estimate of drug-likeness (QED) is 0.739. The van der Waals surface area contributed by atoms with Crippen LogP contribution in [-0.2, 0) is 0 Å². The number of thioether (sulfide) groups is 1. The first kappa shape index (κ1) is 13.5. The molecule has 2 heteroatoms. The van der Waals surface area contributed by atoms with Gasteiger partial charge in [-0.1, -0.05) is 30.9 Å². The SMILES string of the molecule is CNC(CSC1CCCCC1)C1=CCCCC1. The first-order valence-electron chi connectivity index (χ1n) is 7.38. The van der Waals surface area contributed by atoms with Crippen molar-refractivity contribution in [2.24, 2.45) is 0 Å². The molecule has 0 aromatic carbocycles. The van der Waals surface area contributed by atoms with Gasteiger partial charge in [-0.05, 0) is 45.6 Å². The maximum Gasteiger partial charge on any atom is 0.0368 e. The molecule has 17 heavy (non-hydrogen) atoms. The molecule has 1 atom stereocenters. The van der Waals surface area contributed by atoms with Crippen LogP contribution in [0.5, 0.6) is 0 Å². The Kier molecular flexibility index (Phi) is 5.93. The van der Waals surface area contributed by atoms with E-state index >= 15 is 0 Å². The topological polar surface area (TPSA) is 12.0 Å². The Morgan fingerprint density at radius 3 is 2.71 bits per heavy atom. The maximum atomic E-state index is 3.52. The third kappa shape index (κ3) is 4.33. The summed E-state index contributed by atoms with van der Waals surface area (Å²) in [5.74, 6) is 1.28. The van der Waals surface area contributed by atoms with Crippen LogP contribution in [0.2, 0.25) is 0 Å². The van der Waals surface area contributed by atoms with Gasteiger partial charge in [0.1, 0.15) is 0 Å². The predicted octanol–water partition coefficient (Wildman–Crippen LogP) is 4.14. The molecule has 1 N–H and O–H groups in total. The van der Waals surface area contributed by atoms with Gasteiger partial charge in [-0.25, -0.2) is 0 Å². The molecule has 0 radical (unpaired) electrons. The molecule has 1 fully saturated rings. The number of likely N-dealkylation sites (N-methyl/N-ethyl adjacent to an activating group) is 1. The average molecular weight is 253 g/mol. The number of rotatable bonds is 5. The van der Waals surface area contributed by atoms with E-state index in [0.717, 1.165) is 5.25 Å². The lowest BCUT2D eigenvalue weighted by atomic mass is 9.95. The van der Waals surface area contributed by atoms with E-state index in [1.165, 1.54) is 63.5 Å². The summed E-state index contributed by atoms with van der Waals surface area (Å²) in [5, 5.41) is 4.47. The zero-order valence-electron chi connectivity index (χ0n) is 11.2. The second kappa shape index (κ2) is 7.48. The molecule has 1 unspecified atom stereocenters. The lowest BCUT2D eigenvalue weighted by Gasteiger charge is -2.26. The number of hydrogen-bond donors (Lipinski definition) is 1. The van der Waals surface area contributed by atoms with E-state index in [-0.39, 0.29) is 0 Å². The summed E-state index contributed by atoms with van der Waals surface area (Å²) in [6, 6.07) is 0.641. The summed E-state index contributed by atoms with van der Waals surface area (Å²) < 4.78 is 0. The fourth-order valence-corrected chi connectivity index (χ4v) is 4.53. The predicted molar refractivity (Wildman–Crippen MR) is 78.7 cm³/mol. The van der Waals surface area contributed by atoms with Gasteiger partial charge in [0.05, 0.1) is 0 Å². The molecule has 0 bridgehead atoms. The highest BCUT2D eigenvalue weighted by molar-refractivity contribution is 7.99. The van der Waals surface area contributed by atoms with Gasteiger partial charge in [0, 0.05) is 17.0 Å². The van der Waals surface area contributed by atoms with Crippen molar-refractivity contribution in [1.82, 2.24) is 5.32 Å². The van der Waals surface area contributed by atoms with Crippen molar-refractivity contribution >= 4 is 11.8 Å². The van der Waals surface area contributed by atoms with E-state index < -0.39 is 0 Å². The Labute approximate surface area is 111 Å². The molecule has 0 amide bonds. The number of hydrogen-bond acceptors (Lipinski definition) is 2. The standard InChI is InChI=1S/C15H27NS/c1-16-15(13-8-4-2-5-9-13)12-17-14-10-6-3-7-11-14/h8,14-16H,2-7,9-12H2,1H3. The Balaban J connectivity index is 1.76. The second-order valence-electron chi connectivity index (χ2n) is 5.46. The van der Waals surface area contributed by atoms with Crippen LogP contribution in [0.25, 0.3) is 0 Å². The molecule has 98 valence electrons. The normalized spacial score (nSPS) is 24.4. The molecule has 0 heterocycles. The van der Waals surface area contributed by atoms with Gasteiger partial charge >= 0.3 is 0 Å². The van der Waals surface area contributed by atoms with Gasteiger partial charge in [-0.15, -0.1) is 0 Å². The van der Waals surface area contributed by atoms with Crippen LogP contribution in [0, 0.1) is 0 Å². The van der Waals surface area contributed by atoms with Crippen LogP contribution in [0.15, 0.2) is 11.6 Å². The van der Waals surface area contributed by atoms with Gasteiger partial charge in [-0.2, -0.15) is 11.8 Å². The molecular weight excluding hydrogens is 226 g/mol. The van der Waals surface area contributed by atoms with Gasteiger partial charge in [0.25, 0.3) is 0 Å². The number of nitrogens with one attached hydrogen (secondary N) is 1. The largest absolute Gasteiger partial charge is 0.313 e. The van der Waals surface area contributed by atoms with Crippen molar-refractivity contribution in [2.75, 3.05) is 12.8 Å². The van der Waals surface area contributed by atoms with Gasteiger partial charge in [0.15, 0.2) is 0 Å².